The van der Waals surface area contributed by atoms with Gasteiger partial charge in [0.05, 0.1) is 0 Å². The Bertz CT molecular complexity index is 31.5. The van der Waals surface area contributed by atoms with Crippen LogP contribution in [-0.4, -0.2) is 26.9 Å². The number of methoxy groups -OCH3 is 1. The monoisotopic (exact) mass is 117 g/mol. The zero-order valence-electron chi connectivity index (χ0n) is 5.35. The highest BCUT2D eigenvalue weighted by Crippen LogP contribution is 1.80. The van der Waals surface area contributed by atoms with E-state index >= 15 is 0 Å². The molecule has 0 spiro atoms. The molecule has 0 amide bonds. The van der Waals surface area contributed by atoms with Crippen molar-refractivity contribution in [1.82, 2.24) is 0 Å². The van der Waals surface area contributed by atoms with Crippen LogP contribution in [0.25, 0.3) is 0 Å². The third kappa shape index (κ3) is 5.92. The average molecular weight is 117 g/mol. The Balaban J connectivity index is 2.53. The Morgan fingerprint density at radius 3 is 2.62 bits per heavy atom. The first-order chi connectivity index (χ1) is 3.91. The molecule has 49 valence electrons. The van der Waals surface area contributed by atoms with Gasteiger partial charge in [0, 0.05) is 26.9 Å². The topological polar surface area (TPSA) is 18.5 Å². The Labute approximate surface area is 50.8 Å². The molecule has 0 aliphatic heterocycles. The van der Waals surface area contributed by atoms with E-state index in [1.165, 1.54) is 0 Å². The highest BCUT2D eigenvalue weighted by Gasteiger charge is 1.82. The maximum atomic E-state index is 4.94. The van der Waals surface area contributed by atoms with E-state index in [2.05, 4.69) is 6.92 Å². The molecular formula is C6H13O2. The zero-order valence-corrected chi connectivity index (χ0v) is 5.35. The van der Waals surface area contributed by atoms with Crippen LogP contribution >= 0.6 is 0 Å². The van der Waals surface area contributed by atoms with Gasteiger partial charge in [0.1, 0.15) is 0 Å². The first-order valence-corrected chi connectivity index (χ1v) is 2.77. The van der Waals surface area contributed by atoms with Crippen LogP contribution < -0.4 is 0 Å². The molecule has 0 unspecified atom stereocenters. The molecule has 1 radical (unpaired) electrons. The molecule has 0 aliphatic rings. The molecule has 0 heterocycles. The zero-order chi connectivity index (χ0) is 6.24. The predicted octanol–water partition coefficient (Wildman–Crippen LogP) is 0.874. The highest BCUT2D eigenvalue weighted by atomic mass is 16.5. The SMILES string of the molecule is [CH2]COCCCOC. The van der Waals surface area contributed by atoms with Gasteiger partial charge in [0.15, 0.2) is 0 Å². The molecule has 0 saturated heterocycles. The van der Waals surface area contributed by atoms with Crippen LogP contribution in [0.5, 0.6) is 0 Å². The maximum absolute atomic E-state index is 4.94. The van der Waals surface area contributed by atoms with Crippen LogP contribution in [-0.2, 0) is 9.47 Å². The fourth-order valence-corrected chi connectivity index (χ4v) is 0.407. The normalized spacial score (nSPS) is 9.75. The van der Waals surface area contributed by atoms with E-state index in [1.807, 2.05) is 0 Å². The molecule has 0 fully saturated rings. The summed E-state index contributed by atoms with van der Waals surface area (Å²) in [5, 5.41) is 0. The largest absolute Gasteiger partial charge is 0.385 e. The van der Waals surface area contributed by atoms with E-state index in [0.717, 1.165) is 19.6 Å². The lowest BCUT2D eigenvalue weighted by Crippen LogP contribution is -1.97. The lowest BCUT2D eigenvalue weighted by Gasteiger charge is -1.97. The number of hydrogen-bond acceptors (Lipinski definition) is 2. The number of ether oxygens (including phenoxy) is 2. The Morgan fingerprint density at radius 1 is 1.38 bits per heavy atom. The fraction of sp³-hybridized carbons (Fsp3) is 0.833. The van der Waals surface area contributed by atoms with Crippen molar-refractivity contribution >= 4 is 0 Å². The molecule has 2 heteroatoms. The quantitative estimate of drug-likeness (QED) is 0.497. The maximum Gasteiger partial charge on any atom is 0.0487 e. The van der Waals surface area contributed by atoms with Crippen molar-refractivity contribution in [3.63, 3.8) is 0 Å². The van der Waals surface area contributed by atoms with Gasteiger partial charge >= 0.3 is 0 Å². The van der Waals surface area contributed by atoms with Crippen LogP contribution in [0.2, 0.25) is 0 Å². The molecule has 0 saturated carbocycles. The van der Waals surface area contributed by atoms with Crippen molar-refractivity contribution in [2.45, 2.75) is 6.42 Å². The molecule has 0 aromatic heterocycles. The van der Waals surface area contributed by atoms with Gasteiger partial charge in [0.2, 0.25) is 0 Å². The van der Waals surface area contributed by atoms with Crippen LogP contribution in [0.1, 0.15) is 6.42 Å². The summed E-state index contributed by atoms with van der Waals surface area (Å²) in [6, 6.07) is 0. The van der Waals surface area contributed by atoms with Gasteiger partial charge < -0.3 is 9.47 Å². The van der Waals surface area contributed by atoms with Crippen molar-refractivity contribution in [2.24, 2.45) is 0 Å². The third-order valence-electron chi connectivity index (χ3n) is 0.781. The minimum Gasteiger partial charge on any atom is -0.385 e. The summed E-state index contributed by atoms with van der Waals surface area (Å²) in [7, 11) is 1.68. The molecular weight excluding hydrogens is 104 g/mol. The van der Waals surface area contributed by atoms with Crippen LogP contribution in [0.4, 0.5) is 0 Å². The first kappa shape index (κ1) is 7.92. The van der Waals surface area contributed by atoms with Crippen molar-refractivity contribution < 1.29 is 9.47 Å². The lowest BCUT2D eigenvalue weighted by atomic mass is 10.5. The Morgan fingerprint density at radius 2 is 2.12 bits per heavy atom. The van der Waals surface area contributed by atoms with Crippen molar-refractivity contribution in [3.05, 3.63) is 6.92 Å². The molecule has 2 nitrogen and oxygen atoms in total. The lowest BCUT2D eigenvalue weighted by molar-refractivity contribution is 0.119. The molecule has 8 heavy (non-hydrogen) atoms. The third-order valence-corrected chi connectivity index (χ3v) is 0.781. The van der Waals surface area contributed by atoms with Gasteiger partial charge in [0.25, 0.3) is 0 Å². The van der Waals surface area contributed by atoms with E-state index < -0.39 is 0 Å². The van der Waals surface area contributed by atoms with Crippen LogP contribution in [0, 0.1) is 6.92 Å². The summed E-state index contributed by atoms with van der Waals surface area (Å²) in [6.07, 6.45) is 0.964. The molecule has 0 bridgehead atoms. The van der Waals surface area contributed by atoms with Gasteiger partial charge in [-0.2, -0.15) is 0 Å². The van der Waals surface area contributed by atoms with E-state index in [4.69, 9.17) is 9.47 Å². The first-order valence-electron chi connectivity index (χ1n) is 2.77. The second-order valence-corrected chi connectivity index (χ2v) is 1.46. The number of hydrogen-bond donors (Lipinski definition) is 0. The Hall–Kier alpha value is -0.0800. The van der Waals surface area contributed by atoms with E-state index in [-0.39, 0.29) is 0 Å². The summed E-state index contributed by atoms with van der Waals surface area (Å²) in [5.74, 6) is 0. The summed E-state index contributed by atoms with van der Waals surface area (Å²) >= 11 is 0. The van der Waals surface area contributed by atoms with E-state index in [0.29, 0.717) is 6.61 Å². The van der Waals surface area contributed by atoms with E-state index in [1.54, 1.807) is 7.11 Å². The molecule has 0 rings (SSSR count). The summed E-state index contributed by atoms with van der Waals surface area (Å²) in [4.78, 5) is 0. The van der Waals surface area contributed by atoms with Crippen LogP contribution in [0.15, 0.2) is 0 Å². The average Bonchev–Trinajstić information content (AvgIpc) is 1.81. The summed E-state index contributed by atoms with van der Waals surface area (Å²) < 4.78 is 9.73. The second-order valence-electron chi connectivity index (χ2n) is 1.46. The minimum absolute atomic E-state index is 0.559. The predicted molar refractivity (Wildman–Crippen MR) is 32.7 cm³/mol. The molecule has 0 aliphatic carbocycles. The number of rotatable bonds is 5. The Kier molecular flexibility index (Phi) is 6.85. The van der Waals surface area contributed by atoms with Gasteiger partial charge in [-0.15, -0.1) is 0 Å². The van der Waals surface area contributed by atoms with Gasteiger partial charge in [-0.05, 0) is 13.3 Å². The highest BCUT2D eigenvalue weighted by molar-refractivity contribution is 4.34. The smallest absolute Gasteiger partial charge is 0.0487 e. The molecule has 0 N–H and O–H groups in total. The van der Waals surface area contributed by atoms with Crippen molar-refractivity contribution in [1.29, 1.82) is 0 Å². The van der Waals surface area contributed by atoms with Crippen molar-refractivity contribution in [3.8, 4) is 0 Å². The molecule has 0 atom stereocenters. The summed E-state index contributed by atoms with van der Waals surface area (Å²) in [6.45, 7) is 5.62. The van der Waals surface area contributed by atoms with Crippen molar-refractivity contribution in [2.75, 3.05) is 26.9 Å². The standard InChI is InChI=1S/C6H13O2/c1-3-8-6-4-5-7-2/h1,3-6H2,2H3. The summed E-state index contributed by atoms with van der Waals surface area (Å²) in [5.41, 5.74) is 0. The molecule has 0 aromatic carbocycles. The van der Waals surface area contributed by atoms with Gasteiger partial charge in [-0.25, -0.2) is 0 Å². The van der Waals surface area contributed by atoms with Gasteiger partial charge in [-0.3, -0.25) is 0 Å². The van der Waals surface area contributed by atoms with Gasteiger partial charge in [-0.1, -0.05) is 0 Å². The molecule has 0 aromatic rings. The van der Waals surface area contributed by atoms with E-state index in [9.17, 15) is 0 Å². The second kappa shape index (κ2) is 6.92. The minimum atomic E-state index is 0.559. The fourth-order valence-electron chi connectivity index (χ4n) is 0.407. The van der Waals surface area contributed by atoms with Crippen LogP contribution in [0.3, 0.4) is 0 Å².